The standard InChI is InChI=1S/C11H17NO2.C9H12.3CH4.Y/c1-9(2)12-8-14-11-6-4-5-10(7-11)13-3;1-8(2)9-6-4-3-5-7-9;;;;/h4-7,9,12H,8H2,1-3H3;3-8H,1-2H3;3*1H4;. The predicted molar refractivity (Wildman–Crippen MR) is 117 cm³/mol. The molecule has 0 aliphatic rings. The van der Waals surface area contributed by atoms with Gasteiger partial charge in [0.25, 0.3) is 0 Å². The van der Waals surface area contributed by atoms with Gasteiger partial charge in [-0.25, -0.2) is 0 Å². The molecule has 0 spiro atoms. The molecule has 0 saturated heterocycles. The molecule has 1 radical (unpaired) electrons. The van der Waals surface area contributed by atoms with Crippen molar-refractivity contribution in [1.82, 2.24) is 5.32 Å². The topological polar surface area (TPSA) is 30.5 Å². The molecule has 153 valence electrons. The Labute approximate surface area is 194 Å². The second kappa shape index (κ2) is 19.9. The van der Waals surface area contributed by atoms with Crippen molar-refractivity contribution >= 4 is 0 Å². The molecule has 0 fully saturated rings. The minimum absolute atomic E-state index is 0. The van der Waals surface area contributed by atoms with Gasteiger partial charge in [-0.1, -0.05) is 72.5 Å². The van der Waals surface area contributed by atoms with E-state index >= 15 is 0 Å². The number of benzene rings is 2. The van der Waals surface area contributed by atoms with Gasteiger partial charge in [0, 0.05) is 44.8 Å². The molecule has 4 heteroatoms. The summed E-state index contributed by atoms with van der Waals surface area (Å²) >= 11 is 0. The monoisotopic (exact) mass is 452 g/mol. The van der Waals surface area contributed by atoms with E-state index in [1.54, 1.807) is 7.11 Å². The average Bonchev–Trinajstić information content (AvgIpc) is 2.56. The maximum Gasteiger partial charge on any atom is 0.139 e. The zero-order valence-corrected chi connectivity index (χ0v) is 18.3. The summed E-state index contributed by atoms with van der Waals surface area (Å²) in [5.41, 5.74) is 1.41. The Morgan fingerprint density at radius 1 is 0.815 bits per heavy atom. The Morgan fingerprint density at radius 2 is 1.37 bits per heavy atom. The predicted octanol–water partition coefficient (Wildman–Crippen LogP) is 6.75. The van der Waals surface area contributed by atoms with Crippen LogP contribution < -0.4 is 14.8 Å². The van der Waals surface area contributed by atoms with Crippen LogP contribution in [0.15, 0.2) is 54.6 Å². The molecular weight excluding hydrogens is 411 g/mol. The van der Waals surface area contributed by atoms with Gasteiger partial charge in [0.1, 0.15) is 18.2 Å². The first-order chi connectivity index (χ1) is 11.0. The summed E-state index contributed by atoms with van der Waals surface area (Å²) in [6, 6.07) is 18.5. The normalized spacial score (nSPS) is 8.70. The van der Waals surface area contributed by atoms with Crippen LogP contribution in [0.2, 0.25) is 0 Å². The Hall–Kier alpha value is -0.896. The molecule has 0 aliphatic heterocycles. The fourth-order valence-electron chi connectivity index (χ4n) is 1.82. The summed E-state index contributed by atoms with van der Waals surface area (Å²) in [6.07, 6.45) is 0. The smallest absolute Gasteiger partial charge is 0.139 e. The van der Waals surface area contributed by atoms with Gasteiger partial charge in [-0.3, -0.25) is 5.32 Å². The summed E-state index contributed by atoms with van der Waals surface area (Å²) in [6.45, 7) is 9.08. The SMILES string of the molecule is C.C.C.CC(C)c1ccccc1.COc1cccc(OCNC(C)C)c1.[Y]. The van der Waals surface area contributed by atoms with Crippen molar-refractivity contribution in [2.24, 2.45) is 0 Å². The van der Waals surface area contributed by atoms with Crippen LogP contribution in [0.25, 0.3) is 0 Å². The van der Waals surface area contributed by atoms with Crippen LogP contribution in [0.1, 0.15) is 61.5 Å². The van der Waals surface area contributed by atoms with Crippen LogP contribution in [0.3, 0.4) is 0 Å². The third-order valence-corrected chi connectivity index (χ3v) is 3.24. The Kier molecular flexibility index (Phi) is 24.8. The van der Waals surface area contributed by atoms with Crippen LogP contribution in [0.4, 0.5) is 0 Å². The quantitative estimate of drug-likeness (QED) is 0.492. The van der Waals surface area contributed by atoms with Crippen molar-refractivity contribution in [3.8, 4) is 11.5 Å². The van der Waals surface area contributed by atoms with E-state index in [0.29, 0.717) is 18.7 Å². The largest absolute Gasteiger partial charge is 0.497 e. The molecule has 1 N–H and O–H groups in total. The first-order valence-corrected chi connectivity index (χ1v) is 8.08. The molecule has 2 rings (SSSR count). The number of methoxy groups -OCH3 is 1. The molecule has 0 bridgehead atoms. The van der Waals surface area contributed by atoms with E-state index in [-0.39, 0.29) is 55.0 Å². The van der Waals surface area contributed by atoms with Gasteiger partial charge in [-0.2, -0.15) is 0 Å². The van der Waals surface area contributed by atoms with Crippen LogP contribution in [-0.4, -0.2) is 19.9 Å². The summed E-state index contributed by atoms with van der Waals surface area (Å²) in [7, 11) is 1.64. The molecule has 0 heterocycles. The molecule has 0 unspecified atom stereocenters. The second-order valence-electron chi connectivity index (χ2n) is 5.89. The van der Waals surface area contributed by atoms with Gasteiger partial charge >= 0.3 is 0 Å². The summed E-state index contributed by atoms with van der Waals surface area (Å²) < 4.78 is 10.6. The molecule has 0 aliphatic carbocycles. The van der Waals surface area contributed by atoms with Crippen LogP contribution in [-0.2, 0) is 32.7 Å². The van der Waals surface area contributed by atoms with Crippen molar-refractivity contribution in [2.45, 2.75) is 61.9 Å². The summed E-state index contributed by atoms with van der Waals surface area (Å²) in [5.74, 6) is 2.29. The molecule has 0 atom stereocenters. The third-order valence-electron chi connectivity index (χ3n) is 3.24. The molecule has 0 aromatic heterocycles. The van der Waals surface area contributed by atoms with Crippen molar-refractivity contribution in [1.29, 1.82) is 0 Å². The van der Waals surface area contributed by atoms with E-state index in [0.717, 1.165) is 11.5 Å². The van der Waals surface area contributed by atoms with Crippen LogP contribution in [0, 0.1) is 0 Å². The van der Waals surface area contributed by atoms with Gasteiger partial charge in [0.05, 0.1) is 7.11 Å². The van der Waals surface area contributed by atoms with E-state index in [1.807, 2.05) is 30.3 Å². The van der Waals surface area contributed by atoms with E-state index in [4.69, 9.17) is 9.47 Å². The van der Waals surface area contributed by atoms with Crippen molar-refractivity contribution in [3.05, 3.63) is 60.2 Å². The van der Waals surface area contributed by atoms with Crippen LogP contribution in [0.5, 0.6) is 11.5 Å². The molecule has 2 aromatic rings. The number of ether oxygens (including phenoxy) is 2. The fraction of sp³-hybridized carbons (Fsp3) is 0.478. The van der Waals surface area contributed by atoms with Crippen molar-refractivity contribution in [2.75, 3.05) is 13.8 Å². The summed E-state index contributed by atoms with van der Waals surface area (Å²) in [5, 5.41) is 3.17. The van der Waals surface area contributed by atoms with E-state index in [9.17, 15) is 0 Å². The zero-order chi connectivity index (χ0) is 17.1. The molecule has 3 nitrogen and oxygen atoms in total. The van der Waals surface area contributed by atoms with Gasteiger partial charge in [-0.15, -0.1) is 0 Å². The molecule has 27 heavy (non-hydrogen) atoms. The number of hydrogen-bond donors (Lipinski definition) is 1. The first kappa shape index (κ1) is 33.7. The van der Waals surface area contributed by atoms with Gasteiger partial charge < -0.3 is 9.47 Å². The number of nitrogens with one attached hydrogen (secondary N) is 1. The summed E-state index contributed by atoms with van der Waals surface area (Å²) in [4.78, 5) is 0. The maximum absolute atomic E-state index is 5.47. The van der Waals surface area contributed by atoms with Gasteiger partial charge in [0.2, 0.25) is 0 Å². The molecule has 2 aromatic carbocycles. The fourth-order valence-corrected chi connectivity index (χ4v) is 1.82. The Morgan fingerprint density at radius 3 is 1.81 bits per heavy atom. The number of rotatable bonds is 6. The van der Waals surface area contributed by atoms with E-state index in [1.165, 1.54) is 5.56 Å². The molecular formula is C23H41NO2Y. The van der Waals surface area contributed by atoms with Crippen molar-refractivity contribution in [3.63, 3.8) is 0 Å². The van der Waals surface area contributed by atoms with E-state index in [2.05, 4.69) is 57.3 Å². The zero-order valence-electron chi connectivity index (χ0n) is 15.5. The minimum Gasteiger partial charge on any atom is -0.497 e. The number of hydrogen-bond acceptors (Lipinski definition) is 3. The molecule has 0 amide bonds. The average molecular weight is 452 g/mol. The Balaban J connectivity index is -0.000000181. The third kappa shape index (κ3) is 15.8. The maximum atomic E-state index is 5.47. The first-order valence-electron chi connectivity index (χ1n) is 8.08. The van der Waals surface area contributed by atoms with E-state index < -0.39 is 0 Å². The minimum atomic E-state index is 0. The van der Waals surface area contributed by atoms with Crippen LogP contribution >= 0.6 is 0 Å². The second-order valence-corrected chi connectivity index (χ2v) is 5.89. The van der Waals surface area contributed by atoms with Gasteiger partial charge in [0.15, 0.2) is 0 Å². The Bertz CT molecular complexity index is 545. The molecule has 0 saturated carbocycles. The van der Waals surface area contributed by atoms with Gasteiger partial charge in [-0.05, 0) is 37.5 Å². The van der Waals surface area contributed by atoms with Crippen molar-refractivity contribution < 1.29 is 42.2 Å².